The van der Waals surface area contributed by atoms with Gasteiger partial charge in [0.1, 0.15) is 0 Å². The Morgan fingerprint density at radius 1 is 1.22 bits per heavy atom. The second-order valence-electron chi connectivity index (χ2n) is 4.09. The fourth-order valence-electron chi connectivity index (χ4n) is 1.64. The van der Waals surface area contributed by atoms with Gasteiger partial charge in [0.05, 0.1) is 0 Å². The fraction of sp³-hybridized carbons (Fsp3) is 0.538. The molecule has 0 unspecified atom stereocenters. The normalized spacial score (nSPS) is 11.1. The van der Waals surface area contributed by atoms with Crippen molar-refractivity contribution in [2.24, 2.45) is 5.92 Å². The van der Waals surface area contributed by atoms with Gasteiger partial charge in [0, 0.05) is 18.3 Å². The number of nitrogens with one attached hydrogen (secondary N) is 1. The van der Waals surface area contributed by atoms with Crippen molar-refractivity contribution < 1.29 is 17.9 Å². The number of hydrogen-bond acceptors (Lipinski definition) is 2. The van der Waals surface area contributed by atoms with Gasteiger partial charge in [-0.25, -0.2) is 4.39 Å². The molecule has 0 bridgehead atoms. The quantitative estimate of drug-likeness (QED) is 0.791. The van der Waals surface area contributed by atoms with Gasteiger partial charge in [-0.3, -0.25) is 0 Å². The number of benzene rings is 1. The maximum atomic E-state index is 13.4. The van der Waals surface area contributed by atoms with Crippen LogP contribution in [0.5, 0.6) is 5.75 Å². The molecular weight excluding hydrogens is 243 g/mol. The molecule has 102 valence electrons. The Bertz CT molecular complexity index is 367. The van der Waals surface area contributed by atoms with Crippen LogP contribution in [0, 0.1) is 11.7 Å². The van der Waals surface area contributed by atoms with Crippen LogP contribution in [0.4, 0.5) is 18.9 Å². The molecule has 5 heteroatoms. The second-order valence-corrected chi connectivity index (χ2v) is 4.09. The zero-order valence-electron chi connectivity index (χ0n) is 10.6. The van der Waals surface area contributed by atoms with Crippen LogP contribution >= 0.6 is 0 Å². The summed E-state index contributed by atoms with van der Waals surface area (Å²) in [5.74, 6) is -0.701. The average Bonchev–Trinajstić information content (AvgIpc) is 2.33. The molecule has 1 N–H and O–H groups in total. The molecule has 0 aliphatic carbocycles. The lowest BCUT2D eigenvalue weighted by Gasteiger charge is -2.15. The first-order valence-electron chi connectivity index (χ1n) is 6.05. The van der Waals surface area contributed by atoms with E-state index in [-0.39, 0.29) is 0 Å². The molecule has 0 saturated heterocycles. The molecule has 0 heterocycles. The van der Waals surface area contributed by atoms with E-state index in [1.54, 1.807) is 0 Å². The van der Waals surface area contributed by atoms with Crippen LogP contribution in [0.3, 0.4) is 0 Å². The van der Waals surface area contributed by atoms with Gasteiger partial charge in [0.25, 0.3) is 0 Å². The highest BCUT2D eigenvalue weighted by Crippen LogP contribution is 2.23. The molecular formula is C13H18F3NO. The summed E-state index contributed by atoms with van der Waals surface area (Å²) in [6, 6.07) is 3.90. The number of hydrogen-bond donors (Lipinski definition) is 1. The fourth-order valence-corrected chi connectivity index (χ4v) is 1.64. The third kappa shape index (κ3) is 4.47. The summed E-state index contributed by atoms with van der Waals surface area (Å²) >= 11 is 0. The molecule has 0 saturated carbocycles. The van der Waals surface area contributed by atoms with Gasteiger partial charge in [-0.2, -0.15) is 8.78 Å². The molecule has 1 aromatic carbocycles. The number of rotatable bonds is 7. The lowest BCUT2D eigenvalue weighted by atomic mass is 10.0. The Balaban J connectivity index is 2.61. The molecule has 0 atom stereocenters. The van der Waals surface area contributed by atoms with Crippen LogP contribution in [-0.2, 0) is 0 Å². The SMILES string of the molecule is CCC(CC)CNc1ccc(OC(F)F)c(F)c1. The molecule has 0 aliphatic heterocycles. The van der Waals surface area contributed by atoms with Gasteiger partial charge < -0.3 is 10.1 Å². The Hall–Kier alpha value is -1.39. The zero-order chi connectivity index (χ0) is 13.5. The molecule has 0 aliphatic rings. The maximum Gasteiger partial charge on any atom is 0.387 e. The summed E-state index contributed by atoms with van der Waals surface area (Å²) in [6.07, 6.45) is 2.08. The van der Waals surface area contributed by atoms with E-state index in [1.807, 2.05) is 0 Å². The van der Waals surface area contributed by atoms with Crippen LogP contribution in [0.1, 0.15) is 26.7 Å². The number of anilines is 1. The van der Waals surface area contributed by atoms with Crippen molar-refractivity contribution in [2.45, 2.75) is 33.3 Å². The van der Waals surface area contributed by atoms with Crippen LogP contribution in [0.25, 0.3) is 0 Å². The third-order valence-electron chi connectivity index (χ3n) is 2.90. The first kappa shape index (κ1) is 14.7. The monoisotopic (exact) mass is 261 g/mol. The summed E-state index contributed by atoms with van der Waals surface area (Å²) in [6.45, 7) is 1.91. The van der Waals surface area contributed by atoms with E-state index in [4.69, 9.17) is 0 Å². The van der Waals surface area contributed by atoms with Crippen molar-refractivity contribution in [2.75, 3.05) is 11.9 Å². The highest BCUT2D eigenvalue weighted by Gasteiger charge is 2.10. The zero-order valence-corrected chi connectivity index (χ0v) is 10.6. The molecule has 2 nitrogen and oxygen atoms in total. The largest absolute Gasteiger partial charge is 0.432 e. The summed E-state index contributed by atoms with van der Waals surface area (Å²) in [4.78, 5) is 0. The summed E-state index contributed by atoms with van der Waals surface area (Å²) in [5, 5.41) is 3.08. The second kappa shape index (κ2) is 7.13. The van der Waals surface area contributed by atoms with E-state index in [9.17, 15) is 13.2 Å². The van der Waals surface area contributed by atoms with E-state index < -0.39 is 18.2 Å². The first-order chi connectivity index (χ1) is 8.56. The molecule has 1 aromatic rings. The minimum absolute atomic E-state index is 0.432. The Kier molecular flexibility index (Phi) is 5.82. The van der Waals surface area contributed by atoms with Crippen LogP contribution in [0.15, 0.2) is 18.2 Å². The number of alkyl halides is 2. The standard InChI is InChI=1S/C13H18F3NO/c1-3-9(4-2)8-17-10-5-6-12(11(14)7-10)18-13(15)16/h5-7,9,13,17H,3-4,8H2,1-2H3. The smallest absolute Gasteiger partial charge is 0.387 e. The molecule has 0 amide bonds. The van der Waals surface area contributed by atoms with E-state index in [2.05, 4.69) is 23.9 Å². The number of halogens is 3. The lowest BCUT2D eigenvalue weighted by Crippen LogP contribution is -2.13. The number of ether oxygens (including phenoxy) is 1. The van der Waals surface area contributed by atoms with Gasteiger partial charge in [0.15, 0.2) is 11.6 Å². The van der Waals surface area contributed by atoms with Crippen molar-refractivity contribution in [3.05, 3.63) is 24.0 Å². The van der Waals surface area contributed by atoms with E-state index in [0.717, 1.165) is 19.4 Å². The van der Waals surface area contributed by atoms with E-state index >= 15 is 0 Å². The average molecular weight is 261 g/mol. The predicted molar refractivity (Wildman–Crippen MR) is 65.6 cm³/mol. The van der Waals surface area contributed by atoms with Crippen molar-refractivity contribution in [1.82, 2.24) is 0 Å². The van der Waals surface area contributed by atoms with Crippen LogP contribution in [0.2, 0.25) is 0 Å². The predicted octanol–water partition coefficient (Wildman–Crippen LogP) is 4.28. The molecule has 0 spiro atoms. The van der Waals surface area contributed by atoms with E-state index in [1.165, 1.54) is 18.2 Å². The Morgan fingerprint density at radius 3 is 2.39 bits per heavy atom. The molecule has 0 radical (unpaired) electrons. The molecule has 0 aromatic heterocycles. The highest BCUT2D eigenvalue weighted by molar-refractivity contribution is 5.47. The van der Waals surface area contributed by atoms with Gasteiger partial charge in [-0.1, -0.05) is 26.7 Å². The van der Waals surface area contributed by atoms with E-state index in [0.29, 0.717) is 11.6 Å². The van der Waals surface area contributed by atoms with Gasteiger partial charge in [-0.05, 0) is 18.1 Å². The van der Waals surface area contributed by atoms with Crippen molar-refractivity contribution in [1.29, 1.82) is 0 Å². The maximum absolute atomic E-state index is 13.4. The Morgan fingerprint density at radius 2 is 1.89 bits per heavy atom. The molecule has 0 fully saturated rings. The van der Waals surface area contributed by atoms with Gasteiger partial charge in [-0.15, -0.1) is 0 Å². The molecule has 1 rings (SSSR count). The Labute approximate surface area is 105 Å². The summed E-state index contributed by atoms with van der Waals surface area (Å²) in [5.41, 5.74) is 0.570. The summed E-state index contributed by atoms with van der Waals surface area (Å²) in [7, 11) is 0. The molecule has 18 heavy (non-hydrogen) atoms. The van der Waals surface area contributed by atoms with Crippen molar-refractivity contribution in [3.8, 4) is 5.75 Å². The van der Waals surface area contributed by atoms with Crippen LogP contribution in [-0.4, -0.2) is 13.2 Å². The van der Waals surface area contributed by atoms with Crippen LogP contribution < -0.4 is 10.1 Å². The lowest BCUT2D eigenvalue weighted by molar-refractivity contribution is -0.0521. The van der Waals surface area contributed by atoms with Gasteiger partial charge >= 0.3 is 6.61 Å². The summed E-state index contributed by atoms with van der Waals surface area (Å²) < 4.78 is 41.3. The minimum Gasteiger partial charge on any atom is -0.432 e. The topological polar surface area (TPSA) is 21.3 Å². The first-order valence-corrected chi connectivity index (χ1v) is 6.05. The van der Waals surface area contributed by atoms with Crippen molar-refractivity contribution >= 4 is 5.69 Å². The van der Waals surface area contributed by atoms with Gasteiger partial charge in [0.2, 0.25) is 0 Å². The third-order valence-corrected chi connectivity index (χ3v) is 2.90. The van der Waals surface area contributed by atoms with Crippen molar-refractivity contribution in [3.63, 3.8) is 0 Å². The highest BCUT2D eigenvalue weighted by atomic mass is 19.3. The minimum atomic E-state index is -3.01.